The predicted octanol–water partition coefficient (Wildman–Crippen LogP) is 3.56. The van der Waals surface area contributed by atoms with Gasteiger partial charge in [0.15, 0.2) is 0 Å². The lowest BCUT2D eigenvalue weighted by Crippen LogP contribution is -2.42. The molecule has 0 radical (unpaired) electrons. The molecule has 5 rings (SSSR count). The number of aromatic nitrogens is 2. The van der Waals surface area contributed by atoms with Crippen LogP contribution < -0.4 is 10.2 Å². The van der Waals surface area contributed by atoms with Crippen LogP contribution in [0.25, 0.3) is 0 Å². The second kappa shape index (κ2) is 7.19. The monoisotopic (exact) mass is 376 g/mol. The Hall–Kier alpha value is -2.43. The minimum Gasteiger partial charge on any atom is -0.355 e. The molecule has 3 aliphatic rings. The Bertz CT molecular complexity index is 839. The zero-order chi connectivity index (χ0) is 19.0. The van der Waals surface area contributed by atoms with Gasteiger partial charge in [0, 0.05) is 36.9 Å². The summed E-state index contributed by atoms with van der Waals surface area (Å²) >= 11 is 0. The summed E-state index contributed by atoms with van der Waals surface area (Å²) in [6.45, 7) is 1.92. The molecule has 5 heteroatoms. The van der Waals surface area contributed by atoms with E-state index in [0.717, 1.165) is 51.0 Å². The Morgan fingerprint density at radius 1 is 1.11 bits per heavy atom. The van der Waals surface area contributed by atoms with Gasteiger partial charge in [0.05, 0.1) is 12.1 Å². The second-order valence-corrected chi connectivity index (χ2v) is 8.66. The topological polar surface area (TPSA) is 58.1 Å². The fourth-order valence-electron chi connectivity index (χ4n) is 5.59. The molecule has 2 fully saturated rings. The van der Waals surface area contributed by atoms with Gasteiger partial charge in [-0.2, -0.15) is 0 Å². The molecule has 0 bridgehead atoms. The Labute approximate surface area is 166 Å². The molecule has 1 atom stereocenters. The van der Waals surface area contributed by atoms with Gasteiger partial charge in [0.25, 0.3) is 0 Å². The van der Waals surface area contributed by atoms with E-state index in [1.807, 2.05) is 6.20 Å². The molecule has 1 saturated heterocycles. The summed E-state index contributed by atoms with van der Waals surface area (Å²) in [7, 11) is 0. The zero-order valence-electron chi connectivity index (χ0n) is 16.3. The average molecular weight is 377 g/mol. The number of piperidine rings is 1. The van der Waals surface area contributed by atoms with Crippen LogP contribution in [0, 0.1) is 0 Å². The van der Waals surface area contributed by atoms with Crippen molar-refractivity contribution in [2.45, 2.75) is 62.3 Å². The highest BCUT2D eigenvalue weighted by Crippen LogP contribution is 2.52. The first-order valence-electron chi connectivity index (χ1n) is 10.7. The van der Waals surface area contributed by atoms with Gasteiger partial charge in [-0.3, -0.25) is 9.78 Å². The van der Waals surface area contributed by atoms with Crippen LogP contribution in [0.15, 0.2) is 42.9 Å². The lowest BCUT2D eigenvalue weighted by Gasteiger charge is -2.40. The molecule has 1 spiro atoms. The van der Waals surface area contributed by atoms with Crippen molar-refractivity contribution in [2.24, 2.45) is 0 Å². The number of anilines is 1. The number of amides is 1. The first kappa shape index (κ1) is 17.7. The van der Waals surface area contributed by atoms with Gasteiger partial charge in [-0.05, 0) is 43.2 Å². The molecular weight excluding hydrogens is 348 g/mol. The van der Waals surface area contributed by atoms with Crippen molar-refractivity contribution >= 4 is 11.7 Å². The third-order valence-electron chi connectivity index (χ3n) is 7.11. The van der Waals surface area contributed by atoms with Crippen molar-refractivity contribution in [3.63, 3.8) is 0 Å². The third kappa shape index (κ3) is 3.07. The van der Waals surface area contributed by atoms with Crippen LogP contribution in [0.5, 0.6) is 0 Å². The van der Waals surface area contributed by atoms with E-state index in [-0.39, 0.29) is 17.2 Å². The predicted molar refractivity (Wildman–Crippen MR) is 109 cm³/mol. The van der Waals surface area contributed by atoms with E-state index >= 15 is 0 Å². The Morgan fingerprint density at radius 2 is 1.89 bits per heavy atom. The third-order valence-corrected chi connectivity index (χ3v) is 7.11. The molecule has 0 unspecified atom stereocenters. The van der Waals surface area contributed by atoms with Crippen LogP contribution >= 0.6 is 0 Å². The summed E-state index contributed by atoms with van der Waals surface area (Å²) in [5.41, 5.74) is 2.78. The summed E-state index contributed by atoms with van der Waals surface area (Å²) < 4.78 is 0. The van der Waals surface area contributed by atoms with E-state index < -0.39 is 0 Å². The van der Waals surface area contributed by atoms with Crippen molar-refractivity contribution in [3.8, 4) is 0 Å². The molecule has 146 valence electrons. The maximum Gasteiger partial charge on any atom is 0.227 e. The highest BCUT2D eigenvalue weighted by Gasteiger charge is 2.47. The molecule has 28 heavy (non-hydrogen) atoms. The summed E-state index contributed by atoms with van der Waals surface area (Å²) in [6, 6.07) is 9.04. The van der Waals surface area contributed by atoms with Crippen LogP contribution in [0.1, 0.15) is 62.0 Å². The average Bonchev–Trinajstić information content (AvgIpc) is 3.36. The molecule has 2 heterocycles. The molecule has 1 amide bonds. The summed E-state index contributed by atoms with van der Waals surface area (Å²) in [5.74, 6) is 1.20. The van der Waals surface area contributed by atoms with Crippen molar-refractivity contribution < 1.29 is 4.79 Å². The van der Waals surface area contributed by atoms with Crippen LogP contribution in [0.2, 0.25) is 0 Å². The number of nitrogens with one attached hydrogen (secondary N) is 1. The highest BCUT2D eigenvalue weighted by molar-refractivity contribution is 5.86. The molecule has 2 aliphatic carbocycles. The van der Waals surface area contributed by atoms with E-state index in [1.165, 1.54) is 24.0 Å². The van der Waals surface area contributed by atoms with Crippen LogP contribution in [0.3, 0.4) is 0 Å². The van der Waals surface area contributed by atoms with Gasteiger partial charge in [-0.15, -0.1) is 0 Å². The first-order chi connectivity index (χ1) is 13.8. The summed E-state index contributed by atoms with van der Waals surface area (Å²) in [5, 5.41) is 3.35. The van der Waals surface area contributed by atoms with E-state index in [0.29, 0.717) is 6.04 Å². The second-order valence-electron chi connectivity index (χ2n) is 8.66. The standard InChI is InChI=1S/C23H28N4O/c28-22(26-17-5-1-2-6-17)19-15-23(20-8-4-3-7-18(19)20)9-13-27(14-10-23)21-16-24-11-12-25-21/h3-4,7-8,11-12,16-17,19H,1-2,5-6,9-10,13-15H2,(H,26,28)/t19-/m0/s1. The molecular formula is C23H28N4O. The van der Waals surface area contributed by atoms with Crippen molar-refractivity contribution in [1.29, 1.82) is 0 Å². The number of hydrogen-bond acceptors (Lipinski definition) is 4. The van der Waals surface area contributed by atoms with E-state index in [9.17, 15) is 4.79 Å². The fraction of sp³-hybridized carbons (Fsp3) is 0.522. The van der Waals surface area contributed by atoms with E-state index in [1.54, 1.807) is 12.4 Å². The highest BCUT2D eigenvalue weighted by atomic mass is 16.2. The van der Waals surface area contributed by atoms with Crippen molar-refractivity contribution in [3.05, 3.63) is 54.0 Å². The molecule has 1 N–H and O–H groups in total. The SMILES string of the molecule is O=C(NC1CCCC1)[C@H]1CC2(CCN(c3cnccn3)CC2)c2ccccc21. The molecule has 5 nitrogen and oxygen atoms in total. The van der Waals surface area contributed by atoms with E-state index in [4.69, 9.17) is 0 Å². The molecule has 1 saturated carbocycles. The summed E-state index contributed by atoms with van der Waals surface area (Å²) in [4.78, 5) is 24.1. The number of nitrogens with zero attached hydrogens (tertiary/aromatic N) is 3. The maximum atomic E-state index is 13.1. The fourth-order valence-corrected chi connectivity index (χ4v) is 5.59. The molecule has 1 aromatic heterocycles. The Kier molecular flexibility index (Phi) is 4.53. The molecule has 1 aliphatic heterocycles. The van der Waals surface area contributed by atoms with E-state index in [2.05, 4.69) is 44.5 Å². The van der Waals surface area contributed by atoms with Crippen LogP contribution in [0.4, 0.5) is 5.82 Å². The lowest BCUT2D eigenvalue weighted by atomic mass is 9.73. The number of carbonyl (C=O) groups is 1. The van der Waals surface area contributed by atoms with Gasteiger partial charge >= 0.3 is 0 Å². The minimum atomic E-state index is -0.000123. The first-order valence-corrected chi connectivity index (χ1v) is 10.7. The molecule has 1 aromatic carbocycles. The Morgan fingerprint density at radius 3 is 2.64 bits per heavy atom. The molecule has 2 aromatic rings. The number of rotatable bonds is 3. The van der Waals surface area contributed by atoms with Crippen LogP contribution in [-0.2, 0) is 10.2 Å². The minimum absolute atomic E-state index is 0.000123. The number of hydrogen-bond donors (Lipinski definition) is 1. The van der Waals surface area contributed by atoms with Gasteiger partial charge in [0.2, 0.25) is 5.91 Å². The van der Waals surface area contributed by atoms with Crippen LogP contribution in [-0.4, -0.2) is 35.0 Å². The number of carbonyl (C=O) groups excluding carboxylic acids is 1. The largest absolute Gasteiger partial charge is 0.355 e. The lowest BCUT2D eigenvalue weighted by molar-refractivity contribution is -0.123. The smallest absolute Gasteiger partial charge is 0.227 e. The van der Waals surface area contributed by atoms with Gasteiger partial charge in [-0.1, -0.05) is 37.1 Å². The van der Waals surface area contributed by atoms with Crippen molar-refractivity contribution in [1.82, 2.24) is 15.3 Å². The number of fused-ring (bicyclic) bond motifs is 2. The Balaban J connectivity index is 1.35. The summed E-state index contributed by atoms with van der Waals surface area (Å²) in [6.07, 6.45) is 13.2. The van der Waals surface area contributed by atoms with Crippen molar-refractivity contribution in [2.75, 3.05) is 18.0 Å². The zero-order valence-corrected chi connectivity index (χ0v) is 16.3. The maximum absolute atomic E-state index is 13.1. The number of benzene rings is 1. The van der Waals surface area contributed by atoms with Gasteiger partial charge < -0.3 is 10.2 Å². The normalized spacial score (nSPS) is 23.7. The van der Waals surface area contributed by atoms with Gasteiger partial charge in [0.1, 0.15) is 5.82 Å². The quantitative estimate of drug-likeness (QED) is 0.890. The van der Waals surface area contributed by atoms with Gasteiger partial charge in [-0.25, -0.2) is 4.98 Å².